The van der Waals surface area contributed by atoms with Gasteiger partial charge in [0.1, 0.15) is 5.60 Å². The van der Waals surface area contributed by atoms with Crippen molar-refractivity contribution in [2.45, 2.75) is 26.4 Å². The van der Waals surface area contributed by atoms with Crippen LogP contribution in [-0.2, 0) is 4.74 Å². The summed E-state index contributed by atoms with van der Waals surface area (Å²) >= 11 is 0. The lowest BCUT2D eigenvalue weighted by Gasteiger charge is -2.19. The van der Waals surface area contributed by atoms with Crippen molar-refractivity contribution < 1.29 is 9.53 Å². The van der Waals surface area contributed by atoms with Gasteiger partial charge in [-0.05, 0) is 38.0 Å². The molecule has 0 spiro atoms. The predicted octanol–water partition coefficient (Wildman–Crippen LogP) is 3.75. The highest BCUT2D eigenvalue weighted by atomic mass is 16.6. The van der Waals surface area contributed by atoms with Crippen molar-refractivity contribution in [3.63, 3.8) is 0 Å². The molecule has 88 valence electrons. The van der Waals surface area contributed by atoms with Gasteiger partial charge < -0.3 is 4.74 Å². The maximum absolute atomic E-state index is 12.1. The van der Waals surface area contributed by atoms with E-state index in [9.17, 15) is 4.79 Å². The van der Waals surface area contributed by atoms with Gasteiger partial charge >= 0.3 is 5.97 Å². The number of esters is 1. The highest BCUT2D eigenvalue weighted by Crippen LogP contribution is 2.27. The Labute approximate surface area is 102 Å². The molecule has 0 N–H and O–H groups in total. The van der Waals surface area contributed by atoms with Crippen LogP contribution in [0.2, 0.25) is 0 Å². The predicted molar refractivity (Wildman–Crippen MR) is 68.2 cm³/mol. The van der Waals surface area contributed by atoms with E-state index in [1.807, 2.05) is 57.2 Å². The molecule has 0 aromatic rings. The molecule has 0 saturated heterocycles. The van der Waals surface area contributed by atoms with Gasteiger partial charge in [-0.2, -0.15) is 0 Å². The highest BCUT2D eigenvalue weighted by Gasteiger charge is 2.20. The van der Waals surface area contributed by atoms with Crippen molar-refractivity contribution in [1.82, 2.24) is 0 Å². The normalized spacial score (nSPS) is 11.5. The van der Waals surface area contributed by atoms with Crippen molar-refractivity contribution in [3.8, 4) is 11.1 Å². The Hall–Kier alpha value is -1.83. The Morgan fingerprint density at radius 2 is 1.65 bits per heavy atom. The van der Waals surface area contributed by atoms with Gasteiger partial charge in [0.15, 0.2) is 0 Å². The number of rotatable bonds is 1. The Morgan fingerprint density at radius 3 is 2.35 bits per heavy atom. The van der Waals surface area contributed by atoms with E-state index < -0.39 is 5.60 Å². The van der Waals surface area contributed by atoms with Crippen molar-refractivity contribution >= 4 is 5.97 Å². The Morgan fingerprint density at radius 1 is 1.00 bits per heavy atom. The summed E-state index contributed by atoms with van der Waals surface area (Å²) in [6.07, 6.45) is 0. The molecule has 0 aliphatic heterocycles. The molecule has 0 bridgehead atoms. The maximum atomic E-state index is 12.1. The van der Waals surface area contributed by atoms with Crippen LogP contribution in [-0.4, -0.2) is 11.6 Å². The molecule has 0 saturated carbocycles. The van der Waals surface area contributed by atoms with Gasteiger partial charge in [0.25, 0.3) is 0 Å². The van der Waals surface area contributed by atoms with Crippen molar-refractivity contribution in [2.24, 2.45) is 0 Å². The zero-order valence-corrected chi connectivity index (χ0v) is 10.4. The summed E-state index contributed by atoms with van der Waals surface area (Å²) in [7, 11) is 0. The molecular weight excluding hydrogens is 212 g/mol. The lowest BCUT2D eigenvalue weighted by atomic mass is 10.1. The van der Waals surface area contributed by atoms with E-state index >= 15 is 0 Å². The van der Waals surface area contributed by atoms with Crippen molar-refractivity contribution in [2.75, 3.05) is 0 Å². The molecule has 0 radical (unpaired) electrons. The fraction of sp³-hybridized carbons (Fsp3) is 0.267. The third-order valence-electron chi connectivity index (χ3n) is 2.41. The number of carbonyl (C=O) groups is 1. The van der Waals surface area contributed by atoms with Crippen LogP contribution in [0.4, 0.5) is 0 Å². The van der Waals surface area contributed by atoms with E-state index in [0.717, 1.165) is 11.1 Å². The quantitative estimate of drug-likeness (QED) is 0.695. The molecule has 0 fully saturated rings. The van der Waals surface area contributed by atoms with Crippen LogP contribution in [0.5, 0.6) is 0 Å². The van der Waals surface area contributed by atoms with E-state index in [4.69, 9.17) is 4.74 Å². The van der Waals surface area contributed by atoms with Gasteiger partial charge in [-0.15, -0.1) is 0 Å². The molecule has 0 aromatic carbocycles. The number of fused-ring (bicyclic) bond motifs is 1. The number of ether oxygens (including phenoxy) is 1. The molecule has 2 nitrogen and oxygen atoms in total. The second kappa shape index (κ2) is 4.21. The zero-order chi connectivity index (χ0) is 12.5. The summed E-state index contributed by atoms with van der Waals surface area (Å²) in [6, 6.07) is 13.4. The first-order chi connectivity index (χ1) is 7.97. The summed E-state index contributed by atoms with van der Waals surface area (Å²) in [5, 5.41) is 0. The second-order valence-electron chi connectivity index (χ2n) is 5.03. The summed E-state index contributed by atoms with van der Waals surface area (Å²) in [4.78, 5) is 12.1. The minimum Gasteiger partial charge on any atom is -0.456 e. The van der Waals surface area contributed by atoms with E-state index in [2.05, 4.69) is 0 Å². The molecule has 0 heterocycles. The van der Waals surface area contributed by atoms with Gasteiger partial charge in [0.2, 0.25) is 0 Å². The van der Waals surface area contributed by atoms with Gasteiger partial charge in [-0.25, -0.2) is 4.79 Å². The van der Waals surface area contributed by atoms with Crippen LogP contribution in [0.3, 0.4) is 0 Å². The summed E-state index contributed by atoms with van der Waals surface area (Å²) in [5.41, 5.74) is 2.13. The molecule has 0 aromatic heterocycles. The number of hydrogen-bond donors (Lipinski definition) is 0. The van der Waals surface area contributed by atoms with Crippen molar-refractivity contribution in [1.29, 1.82) is 0 Å². The average molecular weight is 228 g/mol. The van der Waals surface area contributed by atoms with E-state index in [0.29, 0.717) is 5.56 Å². The highest BCUT2D eigenvalue weighted by molar-refractivity contribution is 5.97. The van der Waals surface area contributed by atoms with Gasteiger partial charge in [-0.3, -0.25) is 0 Å². The first kappa shape index (κ1) is 11.6. The summed E-state index contributed by atoms with van der Waals surface area (Å²) in [6.45, 7) is 5.61. The molecule has 0 amide bonds. The Balaban J connectivity index is 2.41. The Bertz CT molecular complexity index is 509. The average Bonchev–Trinajstić information content (AvgIpc) is 2.55. The smallest absolute Gasteiger partial charge is 0.339 e. The maximum Gasteiger partial charge on any atom is 0.339 e. The largest absolute Gasteiger partial charge is 0.456 e. The Kier molecular flexibility index (Phi) is 2.88. The lowest BCUT2D eigenvalue weighted by Crippen LogP contribution is -2.24. The standard InChI is InChI=1S/C15H16O2/c1-15(2,3)17-14(16)13-9-5-4-7-11-8-6-10-12(11)13/h4-10H,1-3H3. The minimum atomic E-state index is -0.468. The van der Waals surface area contributed by atoms with E-state index in [1.54, 1.807) is 6.07 Å². The van der Waals surface area contributed by atoms with Gasteiger partial charge in [0.05, 0.1) is 5.56 Å². The molecule has 17 heavy (non-hydrogen) atoms. The van der Waals surface area contributed by atoms with Crippen LogP contribution in [0.25, 0.3) is 11.1 Å². The number of carbonyl (C=O) groups excluding carboxylic acids is 1. The SMILES string of the molecule is CC(C)(C)OC(=O)c1ccccc2cccc1-2. The first-order valence-corrected chi connectivity index (χ1v) is 5.68. The summed E-state index contributed by atoms with van der Waals surface area (Å²) in [5.74, 6) is -0.273. The van der Waals surface area contributed by atoms with Gasteiger partial charge in [-0.1, -0.05) is 36.4 Å². The van der Waals surface area contributed by atoms with Crippen LogP contribution < -0.4 is 0 Å². The fourth-order valence-corrected chi connectivity index (χ4v) is 1.74. The molecular formula is C15H16O2. The van der Waals surface area contributed by atoms with Crippen LogP contribution in [0.1, 0.15) is 31.1 Å². The topological polar surface area (TPSA) is 26.3 Å². The van der Waals surface area contributed by atoms with E-state index in [-0.39, 0.29) is 5.97 Å². The molecule has 2 heteroatoms. The molecule has 2 aliphatic rings. The number of hydrogen-bond acceptors (Lipinski definition) is 2. The summed E-state index contributed by atoms with van der Waals surface area (Å²) < 4.78 is 5.40. The molecule has 2 rings (SSSR count). The third kappa shape index (κ3) is 2.64. The lowest BCUT2D eigenvalue weighted by molar-refractivity contribution is 0.00706. The van der Waals surface area contributed by atoms with Crippen LogP contribution >= 0.6 is 0 Å². The molecule has 0 atom stereocenters. The second-order valence-corrected chi connectivity index (χ2v) is 5.03. The van der Waals surface area contributed by atoms with E-state index in [1.165, 1.54) is 0 Å². The van der Waals surface area contributed by atoms with Crippen LogP contribution in [0.15, 0.2) is 42.5 Å². The minimum absolute atomic E-state index is 0.273. The van der Waals surface area contributed by atoms with Gasteiger partial charge in [0, 0.05) is 0 Å². The molecule has 0 unspecified atom stereocenters. The third-order valence-corrected chi connectivity index (χ3v) is 2.41. The fourth-order valence-electron chi connectivity index (χ4n) is 1.74. The first-order valence-electron chi connectivity index (χ1n) is 5.68. The molecule has 2 aliphatic carbocycles. The van der Waals surface area contributed by atoms with Crippen LogP contribution in [0, 0.1) is 0 Å². The monoisotopic (exact) mass is 228 g/mol. The zero-order valence-electron chi connectivity index (χ0n) is 10.4. The van der Waals surface area contributed by atoms with Crippen molar-refractivity contribution in [3.05, 3.63) is 48.0 Å².